The highest BCUT2D eigenvalue weighted by Crippen LogP contribution is 2.52. The predicted octanol–water partition coefficient (Wildman–Crippen LogP) is 3.33. The van der Waals surface area contributed by atoms with Crippen LogP contribution >= 0.6 is 0 Å². The lowest BCUT2D eigenvalue weighted by molar-refractivity contribution is -0.140. The van der Waals surface area contributed by atoms with Crippen molar-refractivity contribution in [2.24, 2.45) is 28.8 Å². The molecular formula is C25H25N3O4. The average molecular weight is 431 g/mol. The SMILES string of the molecule is COC(=O)c1cccc(-n2c(C)cc(C=NN3C(=O)[C@@H]4[C@H](C3=O)[C@H]3C=C[C@H]4C3)c2C)c1C. The van der Waals surface area contributed by atoms with E-state index in [2.05, 4.69) is 17.3 Å². The second-order valence-corrected chi connectivity index (χ2v) is 8.84. The van der Waals surface area contributed by atoms with Crippen LogP contribution < -0.4 is 0 Å². The first-order chi connectivity index (χ1) is 15.3. The molecule has 3 aliphatic rings. The van der Waals surface area contributed by atoms with Crippen molar-refractivity contribution < 1.29 is 19.1 Å². The molecule has 2 fully saturated rings. The highest BCUT2D eigenvalue weighted by molar-refractivity contribution is 6.06. The quantitative estimate of drug-likeness (QED) is 0.322. The maximum atomic E-state index is 12.9. The van der Waals surface area contributed by atoms with Gasteiger partial charge in [0.1, 0.15) is 0 Å². The van der Waals surface area contributed by atoms with Crippen LogP contribution in [0.5, 0.6) is 0 Å². The Morgan fingerprint density at radius 1 is 1.09 bits per heavy atom. The van der Waals surface area contributed by atoms with Gasteiger partial charge in [-0.15, -0.1) is 0 Å². The summed E-state index contributed by atoms with van der Waals surface area (Å²) in [5, 5.41) is 5.39. The number of aryl methyl sites for hydroxylation is 1. The lowest BCUT2D eigenvalue weighted by atomic mass is 9.85. The summed E-state index contributed by atoms with van der Waals surface area (Å²) in [4.78, 5) is 37.9. The van der Waals surface area contributed by atoms with Gasteiger partial charge in [0.05, 0.1) is 30.7 Å². The van der Waals surface area contributed by atoms with Gasteiger partial charge >= 0.3 is 5.97 Å². The van der Waals surface area contributed by atoms with Crippen LogP contribution in [0.15, 0.2) is 41.5 Å². The van der Waals surface area contributed by atoms with Gasteiger partial charge < -0.3 is 9.30 Å². The molecule has 0 N–H and O–H groups in total. The average Bonchev–Trinajstić information content (AvgIpc) is 3.51. The van der Waals surface area contributed by atoms with Crippen LogP contribution in [0.1, 0.15) is 39.3 Å². The highest BCUT2D eigenvalue weighted by Gasteiger charge is 2.59. The van der Waals surface area contributed by atoms with Crippen LogP contribution in [0.2, 0.25) is 0 Å². The molecule has 4 atom stereocenters. The maximum Gasteiger partial charge on any atom is 0.338 e. The minimum absolute atomic E-state index is 0.164. The van der Waals surface area contributed by atoms with Gasteiger partial charge in [-0.1, -0.05) is 18.2 Å². The molecule has 2 amide bonds. The van der Waals surface area contributed by atoms with E-state index in [9.17, 15) is 14.4 Å². The number of carbonyl (C=O) groups excluding carboxylic acids is 3. The van der Waals surface area contributed by atoms with Gasteiger partial charge in [0.15, 0.2) is 0 Å². The molecular weight excluding hydrogens is 406 g/mol. The summed E-state index contributed by atoms with van der Waals surface area (Å²) < 4.78 is 6.93. The summed E-state index contributed by atoms with van der Waals surface area (Å²) in [5.74, 6) is -0.953. The molecule has 2 heterocycles. The molecule has 1 aromatic carbocycles. The second kappa shape index (κ2) is 7.29. The molecule has 0 unspecified atom stereocenters. The number of carbonyl (C=O) groups is 3. The summed E-state index contributed by atoms with van der Waals surface area (Å²) >= 11 is 0. The Morgan fingerprint density at radius 2 is 1.75 bits per heavy atom. The second-order valence-electron chi connectivity index (χ2n) is 8.84. The number of fused-ring (bicyclic) bond motifs is 5. The summed E-state index contributed by atoms with van der Waals surface area (Å²) in [6.07, 6.45) is 6.63. The van der Waals surface area contributed by atoms with E-state index in [1.165, 1.54) is 7.11 Å². The fraction of sp³-hybridized carbons (Fsp3) is 0.360. The number of rotatable bonds is 4. The molecule has 2 aliphatic carbocycles. The van der Waals surface area contributed by atoms with E-state index in [0.717, 1.165) is 39.6 Å². The first-order valence-electron chi connectivity index (χ1n) is 10.8. The standard InChI is InChI=1S/C25H25N3O4/c1-13-10-18(15(3)27(13)20-7-5-6-19(14(20)2)25(31)32-4)12-26-28-23(29)21-16-8-9-17(11-16)22(21)24(28)30/h5-10,12,16-17,21-22H,11H2,1-4H3/t16-,17-,21-,22+/m0/s1. The third-order valence-corrected chi connectivity index (χ3v) is 7.18. The highest BCUT2D eigenvalue weighted by atomic mass is 16.5. The molecule has 164 valence electrons. The molecule has 1 aromatic heterocycles. The number of allylic oxidation sites excluding steroid dienone is 2. The zero-order valence-electron chi connectivity index (χ0n) is 18.5. The Morgan fingerprint density at radius 3 is 2.38 bits per heavy atom. The molecule has 7 nitrogen and oxygen atoms in total. The molecule has 7 heteroatoms. The molecule has 1 saturated heterocycles. The number of hydrazone groups is 1. The Kier molecular flexibility index (Phi) is 4.65. The van der Waals surface area contributed by atoms with Crippen molar-refractivity contribution in [3.8, 4) is 5.69 Å². The number of hydrogen-bond donors (Lipinski definition) is 0. The van der Waals surface area contributed by atoms with Gasteiger partial charge in [0.25, 0.3) is 11.8 Å². The van der Waals surface area contributed by atoms with Crippen molar-refractivity contribution in [2.75, 3.05) is 7.11 Å². The summed E-state index contributed by atoms with van der Waals surface area (Å²) in [7, 11) is 1.37. The Hall–Kier alpha value is -3.48. The van der Waals surface area contributed by atoms with Gasteiger partial charge in [0, 0.05) is 22.6 Å². The zero-order valence-corrected chi connectivity index (χ0v) is 18.5. The molecule has 5 rings (SSSR count). The van der Waals surface area contributed by atoms with E-state index in [1.54, 1.807) is 12.3 Å². The number of imide groups is 1. The Bertz CT molecular complexity index is 1190. The van der Waals surface area contributed by atoms with E-state index < -0.39 is 0 Å². The predicted molar refractivity (Wildman–Crippen MR) is 118 cm³/mol. The third kappa shape index (κ3) is 2.80. The largest absolute Gasteiger partial charge is 0.465 e. The topological polar surface area (TPSA) is 81.0 Å². The number of amides is 2. The Labute approximate surface area is 186 Å². The van der Waals surface area contributed by atoms with Crippen LogP contribution in [0, 0.1) is 44.4 Å². The van der Waals surface area contributed by atoms with Crippen molar-refractivity contribution in [3.05, 3.63) is 64.5 Å². The smallest absolute Gasteiger partial charge is 0.338 e. The molecule has 1 saturated carbocycles. The van der Waals surface area contributed by atoms with Gasteiger partial charge in [-0.25, -0.2) is 4.79 Å². The monoisotopic (exact) mass is 431 g/mol. The van der Waals surface area contributed by atoms with E-state index in [1.807, 2.05) is 43.5 Å². The number of hydrogen-bond acceptors (Lipinski definition) is 5. The van der Waals surface area contributed by atoms with Crippen LogP contribution in [0.25, 0.3) is 5.69 Å². The fourth-order valence-corrected chi connectivity index (χ4v) is 5.61. The molecule has 32 heavy (non-hydrogen) atoms. The van der Waals surface area contributed by atoms with Crippen LogP contribution in [0.4, 0.5) is 0 Å². The zero-order chi connectivity index (χ0) is 22.7. The van der Waals surface area contributed by atoms with Crippen LogP contribution in [-0.4, -0.2) is 40.7 Å². The number of ether oxygens (including phenoxy) is 1. The maximum absolute atomic E-state index is 12.9. The van der Waals surface area contributed by atoms with Gasteiger partial charge in [-0.05, 0) is 62.8 Å². The van der Waals surface area contributed by atoms with Crippen LogP contribution in [-0.2, 0) is 14.3 Å². The number of benzene rings is 1. The van der Waals surface area contributed by atoms with Gasteiger partial charge in [-0.2, -0.15) is 10.1 Å². The van der Waals surface area contributed by atoms with Crippen LogP contribution in [0.3, 0.4) is 0 Å². The van der Waals surface area contributed by atoms with Crippen molar-refractivity contribution in [1.82, 2.24) is 9.58 Å². The molecule has 2 bridgehead atoms. The molecule has 2 aromatic rings. The first-order valence-corrected chi connectivity index (χ1v) is 10.8. The third-order valence-electron chi connectivity index (χ3n) is 7.18. The fourth-order valence-electron chi connectivity index (χ4n) is 5.61. The summed E-state index contributed by atoms with van der Waals surface area (Å²) in [6.45, 7) is 5.80. The molecule has 1 aliphatic heterocycles. The minimum Gasteiger partial charge on any atom is -0.465 e. The van der Waals surface area contributed by atoms with E-state index in [4.69, 9.17) is 4.74 Å². The van der Waals surface area contributed by atoms with Crippen molar-refractivity contribution >= 4 is 24.0 Å². The number of esters is 1. The Balaban J connectivity index is 1.46. The number of nitrogens with zero attached hydrogens (tertiary/aromatic N) is 3. The first kappa shape index (κ1) is 20.4. The van der Waals surface area contributed by atoms with Crippen molar-refractivity contribution in [1.29, 1.82) is 0 Å². The minimum atomic E-state index is -0.381. The molecule has 0 spiro atoms. The van der Waals surface area contributed by atoms with Gasteiger partial charge in [-0.3, -0.25) is 9.59 Å². The van der Waals surface area contributed by atoms with E-state index in [0.29, 0.717) is 5.56 Å². The van der Waals surface area contributed by atoms with E-state index in [-0.39, 0.29) is 41.5 Å². The number of aromatic nitrogens is 1. The van der Waals surface area contributed by atoms with Crippen molar-refractivity contribution in [2.45, 2.75) is 27.2 Å². The van der Waals surface area contributed by atoms with Crippen molar-refractivity contribution in [3.63, 3.8) is 0 Å². The summed E-state index contributed by atoms with van der Waals surface area (Å²) in [6, 6.07) is 7.47. The summed E-state index contributed by atoms with van der Waals surface area (Å²) in [5.41, 5.74) is 4.85. The van der Waals surface area contributed by atoms with Gasteiger partial charge in [0.2, 0.25) is 0 Å². The number of methoxy groups -OCH3 is 1. The molecule has 0 radical (unpaired) electrons. The lowest BCUT2D eigenvalue weighted by Gasteiger charge is -2.15. The lowest BCUT2D eigenvalue weighted by Crippen LogP contribution is -2.28. The van der Waals surface area contributed by atoms with E-state index >= 15 is 0 Å². The normalized spacial score (nSPS) is 25.9.